The minimum atomic E-state index is 0.00526. The molecule has 0 amide bonds. The summed E-state index contributed by atoms with van der Waals surface area (Å²) in [5.74, 6) is 0.845. The first-order valence-corrected chi connectivity index (χ1v) is 9.54. The first-order chi connectivity index (χ1) is 11.7. The highest BCUT2D eigenvalue weighted by Crippen LogP contribution is 2.36. The lowest BCUT2D eigenvalue weighted by atomic mass is 9.88. The summed E-state index contributed by atoms with van der Waals surface area (Å²) in [7, 11) is 0. The normalized spacial score (nSPS) is 27.6. The third-order valence-electron chi connectivity index (χ3n) is 4.94. The molecule has 4 heterocycles. The third kappa shape index (κ3) is 3.61. The molecule has 1 N–H and O–H groups in total. The second-order valence-electron chi connectivity index (χ2n) is 6.99. The number of piperidine rings is 1. The van der Waals surface area contributed by atoms with E-state index in [4.69, 9.17) is 4.74 Å². The highest BCUT2D eigenvalue weighted by molar-refractivity contribution is 7.09. The van der Waals surface area contributed by atoms with Crippen LogP contribution in [0.2, 0.25) is 0 Å². The van der Waals surface area contributed by atoms with Crippen molar-refractivity contribution >= 4 is 17.2 Å². The van der Waals surface area contributed by atoms with E-state index in [9.17, 15) is 0 Å². The molecule has 2 saturated heterocycles. The van der Waals surface area contributed by atoms with Crippen LogP contribution in [0.15, 0.2) is 29.6 Å². The van der Waals surface area contributed by atoms with Crippen LogP contribution in [0.25, 0.3) is 0 Å². The van der Waals surface area contributed by atoms with E-state index >= 15 is 0 Å². The molecule has 2 aromatic heterocycles. The zero-order valence-corrected chi connectivity index (χ0v) is 14.9. The molecule has 2 aliphatic rings. The SMILES string of the molecule is Cc1ccc(NC2COC3(CCCN(Cc4cccs4)C3)C2)nn1. The van der Waals surface area contributed by atoms with Gasteiger partial charge in [0.2, 0.25) is 0 Å². The zero-order chi connectivity index (χ0) is 16.4. The lowest BCUT2D eigenvalue weighted by Gasteiger charge is -2.39. The monoisotopic (exact) mass is 344 g/mol. The number of anilines is 1. The fourth-order valence-electron chi connectivity index (χ4n) is 3.85. The Hall–Kier alpha value is -1.50. The molecule has 2 fully saturated rings. The van der Waals surface area contributed by atoms with Crippen molar-refractivity contribution in [1.82, 2.24) is 15.1 Å². The van der Waals surface area contributed by atoms with E-state index in [2.05, 4.69) is 37.9 Å². The van der Waals surface area contributed by atoms with Crippen molar-refractivity contribution in [3.63, 3.8) is 0 Å². The van der Waals surface area contributed by atoms with E-state index in [1.807, 2.05) is 30.4 Å². The molecule has 2 aromatic rings. The maximum atomic E-state index is 6.29. The number of nitrogens with zero attached hydrogens (tertiary/aromatic N) is 3. The fourth-order valence-corrected chi connectivity index (χ4v) is 4.60. The van der Waals surface area contributed by atoms with Crippen LogP contribution in [0.3, 0.4) is 0 Å². The fraction of sp³-hybridized carbons (Fsp3) is 0.556. The molecule has 4 rings (SSSR count). The van der Waals surface area contributed by atoms with Gasteiger partial charge in [0.1, 0.15) is 5.82 Å². The average Bonchev–Trinajstić information content (AvgIpc) is 3.21. The van der Waals surface area contributed by atoms with Crippen molar-refractivity contribution in [2.75, 3.05) is 25.0 Å². The Morgan fingerprint density at radius 3 is 3.12 bits per heavy atom. The first kappa shape index (κ1) is 16.0. The van der Waals surface area contributed by atoms with Gasteiger partial charge < -0.3 is 10.1 Å². The molecule has 2 atom stereocenters. The highest BCUT2D eigenvalue weighted by atomic mass is 32.1. The Balaban J connectivity index is 1.36. The molecular weight excluding hydrogens is 320 g/mol. The summed E-state index contributed by atoms with van der Waals surface area (Å²) in [6.45, 7) is 5.95. The molecule has 5 nitrogen and oxygen atoms in total. The van der Waals surface area contributed by atoms with E-state index in [-0.39, 0.29) is 5.60 Å². The minimum absolute atomic E-state index is 0.00526. The number of rotatable bonds is 4. The Morgan fingerprint density at radius 2 is 2.33 bits per heavy atom. The van der Waals surface area contributed by atoms with Crippen molar-refractivity contribution in [3.8, 4) is 0 Å². The summed E-state index contributed by atoms with van der Waals surface area (Å²) in [6, 6.07) is 8.67. The van der Waals surface area contributed by atoms with Crippen LogP contribution in [-0.4, -0.2) is 46.4 Å². The van der Waals surface area contributed by atoms with Crippen LogP contribution >= 0.6 is 11.3 Å². The summed E-state index contributed by atoms with van der Waals surface area (Å²) >= 11 is 1.84. The van der Waals surface area contributed by atoms with Gasteiger partial charge in [-0.15, -0.1) is 16.4 Å². The number of thiophene rings is 1. The van der Waals surface area contributed by atoms with Crippen molar-refractivity contribution in [1.29, 1.82) is 0 Å². The third-order valence-corrected chi connectivity index (χ3v) is 5.80. The summed E-state index contributed by atoms with van der Waals surface area (Å²) in [4.78, 5) is 3.98. The number of aryl methyl sites for hydroxylation is 1. The van der Waals surface area contributed by atoms with Gasteiger partial charge in [-0.25, -0.2) is 0 Å². The van der Waals surface area contributed by atoms with Gasteiger partial charge >= 0.3 is 0 Å². The van der Waals surface area contributed by atoms with Gasteiger partial charge in [0.25, 0.3) is 0 Å². The average molecular weight is 344 g/mol. The molecule has 2 unspecified atom stereocenters. The van der Waals surface area contributed by atoms with E-state index in [1.165, 1.54) is 17.8 Å². The Bertz CT molecular complexity index is 660. The van der Waals surface area contributed by atoms with Crippen LogP contribution in [0.1, 0.15) is 29.8 Å². The summed E-state index contributed by atoms with van der Waals surface area (Å²) in [5.41, 5.74) is 0.946. The van der Waals surface area contributed by atoms with Gasteiger partial charge in [-0.2, -0.15) is 5.10 Å². The lowest BCUT2D eigenvalue weighted by molar-refractivity contribution is -0.0531. The highest BCUT2D eigenvalue weighted by Gasteiger charge is 2.43. The molecule has 0 radical (unpaired) electrons. The van der Waals surface area contributed by atoms with Gasteiger partial charge in [-0.1, -0.05) is 6.07 Å². The first-order valence-electron chi connectivity index (χ1n) is 8.66. The Kier molecular flexibility index (Phi) is 4.52. The van der Waals surface area contributed by atoms with Crippen LogP contribution in [0, 0.1) is 6.92 Å². The van der Waals surface area contributed by atoms with Crippen molar-refractivity contribution < 1.29 is 4.74 Å². The van der Waals surface area contributed by atoms with Gasteiger partial charge in [0, 0.05) is 24.4 Å². The molecule has 2 aliphatic heterocycles. The zero-order valence-electron chi connectivity index (χ0n) is 14.1. The molecular formula is C18H24N4OS. The predicted octanol–water partition coefficient (Wildman–Crippen LogP) is 3.08. The number of hydrogen-bond acceptors (Lipinski definition) is 6. The topological polar surface area (TPSA) is 50.3 Å². The van der Waals surface area contributed by atoms with Crippen LogP contribution < -0.4 is 5.32 Å². The predicted molar refractivity (Wildman–Crippen MR) is 96.3 cm³/mol. The summed E-state index contributed by atoms with van der Waals surface area (Å²) in [5, 5.41) is 14.0. The molecule has 0 aromatic carbocycles. The van der Waals surface area contributed by atoms with E-state index in [1.54, 1.807) is 0 Å². The molecule has 128 valence electrons. The van der Waals surface area contributed by atoms with E-state index < -0.39 is 0 Å². The maximum Gasteiger partial charge on any atom is 0.148 e. The number of hydrogen-bond donors (Lipinski definition) is 1. The van der Waals surface area contributed by atoms with Crippen molar-refractivity contribution in [3.05, 3.63) is 40.2 Å². The molecule has 6 heteroatoms. The molecule has 24 heavy (non-hydrogen) atoms. The second kappa shape index (κ2) is 6.78. The van der Waals surface area contributed by atoms with Crippen molar-refractivity contribution in [2.45, 2.75) is 44.4 Å². The molecule has 0 saturated carbocycles. The molecule has 0 bridgehead atoms. The van der Waals surface area contributed by atoms with Crippen molar-refractivity contribution in [2.24, 2.45) is 0 Å². The van der Waals surface area contributed by atoms with E-state index in [0.717, 1.165) is 44.0 Å². The molecule has 0 aliphatic carbocycles. The van der Waals surface area contributed by atoms with Gasteiger partial charge in [0.05, 0.1) is 23.9 Å². The van der Waals surface area contributed by atoms with Gasteiger partial charge in [-0.05, 0) is 49.9 Å². The lowest BCUT2D eigenvalue weighted by Crippen LogP contribution is -2.47. The number of nitrogens with one attached hydrogen (secondary N) is 1. The Labute approximate surface area is 147 Å². The number of aromatic nitrogens is 2. The van der Waals surface area contributed by atoms with Crippen LogP contribution in [0.5, 0.6) is 0 Å². The largest absolute Gasteiger partial charge is 0.371 e. The Morgan fingerprint density at radius 1 is 1.38 bits per heavy atom. The maximum absolute atomic E-state index is 6.29. The van der Waals surface area contributed by atoms with Crippen LogP contribution in [0.4, 0.5) is 5.82 Å². The quantitative estimate of drug-likeness (QED) is 0.924. The van der Waals surface area contributed by atoms with Gasteiger partial charge in [0.15, 0.2) is 0 Å². The van der Waals surface area contributed by atoms with E-state index in [0.29, 0.717) is 6.04 Å². The smallest absolute Gasteiger partial charge is 0.148 e. The summed E-state index contributed by atoms with van der Waals surface area (Å²) in [6.07, 6.45) is 3.41. The standard InChI is InChI=1S/C18H24N4OS/c1-14-5-6-17(21-20-14)19-15-10-18(23-12-15)7-3-8-22(13-18)11-16-4-2-9-24-16/h2,4-6,9,15H,3,7-8,10-13H2,1H3,(H,19,21). The minimum Gasteiger partial charge on any atom is -0.371 e. The number of likely N-dealkylation sites (tertiary alicyclic amines) is 1. The second-order valence-corrected chi connectivity index (χ2v) is 8.03. The van der Waals surface area contributed by atoms with Gasteiger partial charge in [-0.3, -0.25) is 4.90 Å². The summed E-state index contributed by atoms with van der Waals surface area (Å²) < 4.78 is 6.29. The van der Waals surface area contributed by atoms with Crippen LogP contribution in [-0.2, 0) is 11.3 Å². The molecule has 1 spiro atoms. The number of ether oxygens (including phenoxy) is 1.